The van der Waals surface area contributed by atoms with Gasteiger partial charge in [-0.25, -0.2) is 34.8 Å². The van der Waals surface area contributed by atoms with E-state index >= 15 is 0 Å². The Morgan fingerprint density at radius 3 is 2.47 bits per heavy atom. The lowest BCUT2D eigenvalue weighted by molar-refractivity contribution is -0.139. The number of benzene rings is 1. The van der Waals surface area contributed by atoms with Gasteiger partial charge < -0.3 is 4.74 Å². The lowest BCUT2D eigenvalue weighted by Crippen LogP contribution is -2.43. The molecule has 206 valence electrons. The van der Waals surface area contributed by atoms with Crippen molar-refractivity contribution < 1.29 is 39.5 Å². The van der Waals surface area contributed by atoms with Crippen molar-refractivity contribution in [3.05, 3.63) is 68.8 Å². The minimum Gasteiger partial charge on any atom is -0.461 e. The summed E-state index contributed by atoms with van der Waals surface area (Å²) < 4.78 is 99.1. The highest BCUT2D eigenvalue weighted by atomic mass is 32.2. The first-order chi connectivity index (χ1) is 17.8. The molecule has 2 aliphatic heterocycles. The van der Waals surface area contributed by atoms with E-state index in [1.165, 1.54) is 6.92 Å². The van der Waals surface area contributed by atoms with Crippen molar-refractivity contribution in [2.24, 2.45) is 4.99 Å². The number of hydrogen-bond acceptors (Lipinski definition) is 9. The number of nitrogens with zero attached hydrogens (tertiary/aromatic N) is 2. The standard InChI is InChI=1S/C24H25F3N2O6S3/c1-14-20(24(30)35-6-5-29(2)12-16-4-3-7-36-16)21(15-10-17(25)22(27)18(26)11-15)23-19(28-14)13-37(31,32)8-9-38(23,33)34/h3-4,7,10-11,21,23H,5-6,8-9,12-13H2,1-2H3. The average molecular weight is 591 g/mol. The molecule has 1 aromatic heterocycles. The van der Waals surface area contributed by atoms with E-state index in [-0.39, 0.29) is 29.2 Å². The van der Waals surface area contributed by atoms with Crippen LogP contribution in [-0.2, 0) is 35.8 Å². The molecule has 0 radical (unpaired) electrons. The third kappa shape index (κ3) is 6.03. The predicted molar refractivity (Wildman–Crippen MR) is 137 cm³/mol. The van der Waals surface area contributed by atoms with E-state index in [0.29, 0.717) is 25.2 Å². The van der Waals surface area contributed by atoms with Crippen molar-refractivity contribution >= 4 is 42.7 Å². The Bertz CT molecular complexity index is 1500. The van der Waals surface area contributed by atoms with E-state index in [1.54, 1.807) is 11.3 Å². The molecule has 8 nitrogen and oxygen atoms in total. The average Bonchev–Trinajstić information content (AvgIpc) is 3.30. The number of thiophene rings is 1. The third-order valence-corrected chi connectivity index (χ3v) is 11.1. The highest BCUT2D eigenvalue weighted by Crippen LogP contribution is 2.41. The SMILES string of the molecule is CC1=C(C(=O)OCCN(C)Cc2cccs2)C(c2cc(F)c(F)c(F)c2)C2C(=N1)CS(=O)(=O)CCS2(=O)=O. The molecule has 2 unspecified atom stereocenters. The molecule has 0 bridgehead atoms. The largest absolute Gasteiger partial charge is 0.461 e. The zero-order chi connectivity index (χ0) is 27.8. The van der Waals surface area contributed by atoms with Crippen LogP contribution in [0.1, 0.15) is 23.3 Å². The number of allylic oxidation sites excluding steroid dienone is 1. The summed E-state index contributed by atoms with van der Waals surface area (Å²) in [5.41, 5.74) is -0.936. The molecular weight excluding hydrogens is 565 g/mol. The summed E-state index contributed by atoms with van der Waals surface area (Å²) in [6, 6.07) is 5.08. The minimum atomic E-state index is -4.27. The van der Waals surface area contributed by atoms with Gasteiger partial charge in [0.15, 0.2) is 37.1 Å². The fourth-order valence-corrected chi connectivity index (χ4v) is 9.78. The number of aliphatic imine (C=N–C) groups is 1. The third-order valence-electron chi connectivity index (χ3n) is 6.37. The molecule has 1 aromatic carbocycles. The van der Waals surface area contributed by atoms with Gasteiger partial charge in [-0.2, -0.15) is 0 Å². The molecule has 2 aliphatic rings. The number of fused-ring (bicyclic) bond motifs is 1. The van der Waals surface area contributed by atoms with Gasteiger partial charge in [0.2, 0.25) is 0 Å². The van der Waals surface area contributed by atoms with Gasteiger partial charge in [0.05, 0.1) is 28.5 Å². The molecule has 1 fully saturated rings. The van der Waals surface area contributed by atoms with Gasteiger partial charge in [-0.3, -0.25) is 9.89 Å². The molecule has 3 heterocycles. The minimum absolute atomic E-state index is 0.0457. The Morgan fingerprint density at radius 1 is 1.16 bits per heavy atom. The van der Waals surface area contributed by atoms with E-state index in [0.717, 1.165) is 4.88 Å². The van der Waals surface area contributed by atoms with Crippen molar-refractivity contribution in [2.75, 3.05) is 37.5 Å². The summed E-state index contributed by atoms with van der Waals surface area (Å²) in [4.78, 5) is 20.4. The second-order valence-corrected chi connectivity index (χ2v) is 14.7. The normalized spacial score (nSPS) is 22.5. The van der Waals surface area contributed by atoms with Crippen LogP contribution in [0.5, 0.6) is 0 Å². The maximum absolute atomic E-state index is 14.3. The summed E-state index contributed by atoms with van der Waals surface area (Å²) >= 11 is 1.57. The van der Waals surface area contributed by atoms with Gasteiger partial charge in [-0.15, -0.1) is 11.3 Å². The molecule has 2 aromatic rings. The molecule has 0 spiro atoms. The van der Waals surface area contributed by atoms with Crippen LogP contribution >= 0.6 is 11.3 Å². The number of esters is 1. The molecule has 0 aliphatic carbocycles. The van der Waals surface area contributed by atoms with Gasteiger partial charge in [-0.05, 0) is 43.1 Å². The Hall–Kier alpha value is -2.55. The number of carbonyl (C=O) groups is 1. The summed E-state index contributed by atoms with van der Waals surface area (Å²) in [6.07, 6.45) is 0. The van der Waals surface area contributed by atoms with Crippen LogP contribution in [0.15, 0.2) is 45.9 Å². The number of ether oxygens (including phenoxy) is 1. The number of carbonyl (C=O) groups excluding carboxylic acids is 1. The molecule has 0 saturated carbocycles. The topological polar surface area (TPSA) is 110 Å². The summed E-state index contributed by atoms with van der Waals surface area (Å²) in [5, 5.41) is 0.237. The molecule has 2 atom stereocenters. The summed E-state index contributed by atoms with van der Waals surface area (Å²) in [5.74, 6) is -9.58. The molecule has 0 N–H and O–H groups in total. The second kappa shape index (κ2) is 10.9. The first kappa shape index (κ1) is 28.5. The Labute approximate surface area is 222 Å². The van der Waals surface area contributed by atoms with Crippen LogP contribution in [0.3, 0.4) is 0 Å². The van der Waals surface area contributed by atoms with Crippen LogP contribution in [0.2, 0.25) is 0 Å². The van der Waals surface area contributed by atoms with Crippen molar-refractivity contribution in [3.8, 4) is 0 Å². The Morgan fingerprint density at radius 2 is 1.84 bits per heavy atom. The van der Waals surface area contributed by atoms with Crippen LogP contribution < -0.4 is 0 Å². The molecule has 38 heavy (non-hydrogen) atoms. The lowest BCUT2D eigenvalue weighted by Gasteiger charge is -2.32. The fraction of sp³-hybridized carbons (Fsp3) is 0.417. The first-order valence-corrected chi connectivity index (χ1v) is 15.9. The fourth-order valence-electron chi connectivity index (χ4n) is 4.60. The maximum Gasteiger partial charge on any atom is 0.336 e. The number of sulfone groups is 2. The molecule has 4 rings (SSSR count). The molecular formula is C24H25F3N2O6S3. The van der Waals surface area contributed by atoms with Crippen LogP contribution in [0, 0.1) is 17.5 Å². The van der Waals surface area contributed by atoms with E-state index in [1.807, 2.05) is 29.5 Å². The number of halogens is 3. The summed E-state index contributed by atoms with van der Waals surface area (Å²) in [7, 11) is -6.31. The molecule has 1 saturated heterocycles. The highest BCUT2D eigenvalue weighted by molar-refractivity contribution is 7.97. The van der Waals surface area contributed by atoms with Crippen molar-refractivity contribution in [1.82, 2.24) is 4.90 Å². The van der Waals surface area contributed by atoms with Crippen molar-refractivity contribution in [2.45, 2.75) is 24.6 Å². The number of hydrogen-bond donors (Lipinski definition) is 0. The zero-order valence-electron chi connectivity index (χ0n) is 20.5. The van der Waals surface area contributed by atoms with E-state index in [9.17, 15) is 34.8 Å². The van der Waals surface area contributed by atoms with Gasteiger partial charge in [-0.1, -0.05) is 6.07 Å². The van der Waals surface area contributed by atoms with Gasteiger partial charge in [0, 0.05) is 29.6 Å². The van der Waals surface area contributed by atoms with Crippen molar-refractivity contribution in [3.63, 3.8) is 0 Å². The van der Waals surface area contributed by atoms with Crippen LogP contribution in [0.25, 0.3) is 0 Å². The number of rotatable bonds is 7. The second-order valence-electron chi connectivity index (χ2n) is 9.21. The lowest BCUT2D eigenvalue weighted by atomic mass is 9.83. The highest BCUT2D eigenvalue weighted by Gasteiger charge is 2.49. The monoisotopic (exact) mass is 590 g/mol. The summed E-state index contributed by atoms with van der Waals surface area (Å²) in [6.45, 7) is 2.21. The maximum atomic E-state index is 14.3. The van der Waals surface area contributed by atoms with E-state index < -0.39 is 71.5 Å². The Balaban J connectivity index is 1.71. The van der Waals surface area contributed by atoms with Crippen LogP contribution in [-0.4, -0.2) is 76.1 Å². The zero-order valence-corrected chi connectivity index (χ0v) is 22.9. The van der Waals surface area contributed by atoms with E-state index in [4.69, 9.17) is 4.74 Å². The van der Waals surface area contributed by atoms with Gasteiger partial charge in [0.1, 0.15) is 11.9 Å². The smallest absolute Gasteiger partial charge is 0.336 e. The van der Waals surface area contributed by atoms with Crippen LogP contribution in [0.4, 0.5) is 13.2 Å². The molecule has 0 amide bonds. The van der Waals surface area contributed by atoms with Gasteiger partial charge >= 0.3 is 5.97 Å². The first-order valence-electron chi connectivity index (χ1n) is 11.5. The Kier molecular flexibility index (Phi) is 8.17. The van der Waals surface area contributed by atoms with Gasteiger partial charge in [0.25, 0.3) is 0 Å². The molecule has 14 heteroatoms. The predicted octanol–water partition coefficient (Wildman–Crippen LogP) is 2.86. The van der Waals surface area contributed by atoms with Crippen molar-refractivity contribution in [1.29, 1.82) is 0 Å². The quantitative estimate of drug-likeness (QED) is 0.360. The van der Waals surface area contributed by atoms with E-state index in [2.05, 4.69) is 4.99 Å². The number of likely N-dealkylation sites (N-methyl/N-ethyl adjacent to an activating group) is 1.